The lowest BCUT2D eigenvalue weighted by Crippen LogP contribution is -2.36. The first-order chi connectivity index (χ1) is 16.2. The van der Waals surface area contributed by atoms with E-state index in [9.17, 15) is 14.0 Å². The van der Waals surface area contributed by atoms with E-state index in [1.165, 1.54) is 12.1 Å². The molecule has 0 aliphatic carbocycles. The van der Waals surface area contributed by atoms with Crippen LogP contribution in [0.3, 0.4) is 0 Å². The number of aliphatic imine (C=N–C) groups is 1. The van der Waals surface area contributed by atoms with Crippen LogP contribution in [0.1, 0.15) is 49.0 Å². The number of hydrogen-bond acceptors (Lipinski definition) is 5. The minimum absolute atomic E-state index is 0.0824. The highest BCUT2D eigenvalue weighted by atomic mass is 19.1. The van der Waals surface area contributed by atoms with Crippen molar-refractivity contribution in [1.29, 1.82) is 0 Å². The van der Waals surface area contributed by atoms with Gasteiger partial charge < -0.3 is 21.3 Å². The lowest BCUT2D eigenvalue weighted by molar-refractivity contribution is -0.114. The summed E-state index contributed by atoms with van der Waals surface area (Å²) in [6, 6.07) is 4.40. The van der Waals surface area contributed by atoms with E-state index in [4.69, 9.17) is 5.73 Å². The third-order valence-electron chi connectivity index (χ3n) is 6.20. The number of nitrogens with two attached hydrogens (primary N) is 1. The van der Waals surface area contributed by atoms with Crippen LogP contribution in [0.25, 0.3) is 5.57 Å². The van der Waals surface area contributed by atoms with E-state index < -0.39 is 11.7 Å². The van der Waals surface area contributed by atoms with Gasteiger partial charge in [-0.05, 0) is 61.2 Å². The number of halogens is 1. The molecule has 3 rings (SSSR count). The zero-order valence-electron chi connectivity index (χ0n) is 19.9. The fraction of sp³-hybridized carbons (Fsp3) is 0.346. The molecule has 7 nitrogen and oxygen atoms in total. The van der Waals surface area contributed by atoms with Crippen molar-refractivity contribution in [2.45, 2.75) is 39.2 Å². The molecule has 8 heteroatoms. The van der Waals surface area contributed by atoms with Crippen LogP contribution in [-0.4, -0.2) is 42.1 Å². The molecule has 0 bridgehead atoms. The summed E-state index contributed by atoms with van der Waals surface area (Å²) in [4.78, 5) is 30.5. The van der Waals surface area contributed by atoms with E-state index in [1.54, 1.807) is 12.2 Å². The van der Waals surface area contributed by atoms with Gasteiger partial charge in [0.15, 0.2) is 0 Å². The number of nitrogens with one attached hydrogen (secondary N) is 2. The van der Waals surface area contributed by atoms with E-state index in [0.29, 0.717) is 42.0 Å². The Morgan fingerprint density at radius 2 is 2.21 bits per heavy atom. The molecule has 0 saturated carbocycles. The third-order valence-corrected chi connectivity index (χ3v) is 6.20. The Bertz CT molecular complexity index is 1090. The summed E-state index contributed by atoms with van der Waals surface area (Å²) in [5.41, 5.74) is 7.09. The summed E-state index contributed by atoms with van der Waals surface area (Å²) in [5.74, 6) is -0.665. The van der Waals surface area contributed by atoms with Gasteiger partial charge in [-0.3, -0.25) is 9.59 Å². The van der Waals surface area contributed by atoms with Gasteiger partial charge in [0, 0.05) is 36.5 Å². The predicted octanol–water partition coefficient (Wildman–Crippen LogP) is 3.48. The summed E-state index contributed by atoms with van der Waals surface area (Å²) in [6.45, 7) is 8.66. The maximum absolute atomic E-state index is 14.5. The predicted molar refractivity (Wildman–Crippen MR) is 133 cm³/mol. The number of primary amides is 1. The van der Waals surface area contributed by atoms with Crippen molar-refractivity contribution in [2.75, 3.05) is 13.6 Å². The molecule has 2 aliphatic heterocycles. The molecule has 2 aliphatic rings. The molecule has 2 atom stereocenters. The number of nitrogens with zero attached hydrogens (tertiary/aromatic N) is 2. The minimum atomic E-state index is -0.704. The Labute approximate surface area is 200 Å². The zero-order valence-corrected chi connectivity index (χ0v) is 19.9. The highest BCUT2D eigenvalue weighted by Crippen LogP contribution is 2.26. The first-order valence-corrected chi connectivity index (χ1v) is 11.4. The standard InChI is InChI=1S/C26H32FN5O2/c1-5-19-15-23(26(34)30-12-10-16(2)22-7-6-11-29-22)31-24(32(19)4)13-17(3)20-9-8-18(25(28)33)14-21(20)27/h6,8-9,11,13-16,22,29H,3,5,7,10,12H2,1-2,4H3,(H2,28,33)(H,30,34)/b24-13-. The van der Waals surface area contributed by atoms with E-state index in [0.717, 1.165) is 24.6 Å². The normalized spacial score (nSPS) is 19.4. The van der Waals surface area contributed by atoms with Crippen LogP contribution in [0.4, 0.5) is 4.39 Å². The molecule has 2 unspecified atom stereocenters. The highest BCUT2D eigenvalue weighted by molar-refractivity contribution is 6.43. The van der Waals surface area contributed by atoms with Crippen LogP contribution >= 0.6 is 0 Å². The number of benzene rings is 1. The Morgan fingerprint density at radius 3 is 2.82 bits per heavy atom. The van der Waals surface area contributed by atoms with E-state index >= 15 is 0 Å². The van der Waals surface area contributed by atoms with Gasteiger partial charge in [0.05, 0.1) is 0 Å². The summed E-state index contributed by atoms with van der Waals surface area (Å²) in [7, 11) is 1.84. The second-order valence-electron chi connectivity index (χ2n) is 8.57. The molecule has 1 aromatic rings. The van der Waals surface area contributed by atoms with Gasteiger partial charge in [0.2, 0.25) is 5.91 Å². The van der Waals surface area contributed by atoms with E-state index in [1.807, 2.05) is 25.1 Å². The molecule has 0 fully saturated rings. The van der Waals surface area contributed by atoms with E-state index in [2.05, 4.69) is 35.2 Å². The van der Waals surface area contributed by atoms with Crippen LogP contribution in [-0.2, 0) is 4.79 Å². The molecule has 1 aromatic carbocycles. The maximum Gasteiger partial charge on any atom is 0.270 e. The van der Waals surface area contributed by atoms with Crippen molar-refractivity contribution in [3.63, 3.8) is 0 Å². The second kappa shape index (κ2) is 11.0. The summed E-state index contributed by atoms with van der Waals surface area (Å²) in [6.07, 6.45) is 10.0. The van der Waals surface area contributed by atoms with Crippen molar-refractivity contribution in [3.8, 4) is 0 Å². The number of carbonyl (C=O) groups excluding carboxylic acids is 2. The van der Waals surface area contributed by atoms with Crippen LogP contribution in [0.15, 0.2) is 65.7 Å². The Hall–Kier alpha value is -3.68. The molecular formula is C26H32FN5O2. The van der Waals surface area contributed by atoms with Crippen molar-refractivity contribution in [1.82, 2.24) is 15.5 Å². The van der Waals surface area contributed by atoms with Gasteiger partial charge in [-0.2, -0.15) is 0 Å². The first kappa shape index (κ1) is 25.0. The van der Waals surface area contributed by atoms with E-state index in [-0.39, 0.29) is 17.0 Å². The molecule has 4 N–H and O–H groups in total. The van der Waals surface area contributed by atoms with Crippen molar-refractivity contribution in [2.24, 2.45) is 16.6 Å². The number of allylic oxidation sites excluding steroid dienone is 3. The van der Waals surface area contributed by atoms with Crippen LogP contribution in [0.5, 0.6) is 0 Å². The average Bonchev–Trinajstić information content (AvgIpc) is 3.35. The molecule has 34 heavy (non-hydrogen) atoms. The smallest absolute Gasteiger partial charge is 0.270 e. The van der Waals surface area contributed by atoms with Crippen LogP contribution < -0.4 is 16.4 Å². The fourth-order valence-corrected chi connectivity index (χ4v) is 3.96. The number of amides is 2. The molecule has 2 amide bonds. The molecule has 0 aromatic heterocycles. The van der Waals surface area contributed by atoms with Gasteiger partial charge in [-0.25, -0.2) is 9.38 Å². The van der Waals surface area contributed by atoms with Gasteiger partial charge in [0.1, 0.15) is 17.3 Å². The summed E-state index contributed by atoms with van der Waals surface area (Å²) in [5, 5.41) is 6.29. The lowest BCUT2D eigenvalue weighted by atomic mass is 9.97. The number of rotatable bonds is 9. The molecule has 0 saturated heterocycles. The molecular weight excluding hydrogens is 433 g/mol. The Kier molecular flexibility index (Phi) is 8.04. The number of carbonyl (C=O) groups is 2. The average molecular weight is 466 g/mol. The van der Waals surface area contributed by atoms with Crippen molar-refractivity contribution < 1.29 is 14.0 Å². The lowest BCUT2D eigenvalue weighted by Gasteiger charge is -2.27. The fourth-order valence-electron chi connectivity index (χ4n) is 3.96. The maximum atomic E-state index is 14.5. The monoisotopic (exact) mass is 465 g/mol. The van der Waals surface area contributed by atoms with Crippen LogP contribution in [0, 0.1) is 11.7 Å². The SMILES string of the molecule is C=C(/C=C1/N=C(C(=O)NCCC(C)C2CC=CN2)C=C(CC)N1C)c1ccc(C(N)=O)cc1F. The summed E-state index contributed by atoms with van der Waals surface area (Å²) < 4.78 is 14.5. The first-order valence-electron chi connectivity index (χ1n) is 11.4. The molecule has 180 valence electrons. The molecule has 2 heterocycles. The van der Waals surface area contributed by atoms with Crippen LogP contribution in [0.2, 0.25) is 0 Å². The largest absolute Gasteiger partial charge is 0.388 e. The van der Waals surface area contributed by atoms with Crippen molar-refractivity contribution >= 4 is 23.1 Å². The zero-order chi connectivity index (χ0) is 24.8. The molecule has 0 radical (unpaired) electrons. The van der Waals surface area contributed by atoms with Gasteiger partial charge in [-0.15, -0.1) is 0 Å². The van der Waals surface area contributed by atoms with Gasteiger partial charge in [-0.1, -0.05) is 32.6 Å². The number of hydrogen-bond donors (Lipinski definition) is 3. The quantitative estimate of drug-likeness (QED) is 0.520. The topological polar surface area (TPSA) is 99.8 Å². The van der Waals surface area contributed by atoms with Crippen molar-refractivity contribution in [3.05, 3.63) is 77.7 Å². The minimum Gasteiger partial charge on any atom is -0.388 e. The Morgan fingerprint density at radius 1 is 1.44 bits per heavy atom. The summed E-state index contributed by atoms with van der Waals surface area (Å²) >= 11 is 0. The molecule has 0 spiro atoms. The van der Waals surface area contributed by atoms with Gasteiger partial charge >= 0.3 is 0 Å². The highest BCUT2D eigenvalue weighted by Gasteiger charge is 2.22. The van der Waals surface area contributed by atoms with Gasteiger partial charge in [0.25, 0.3) is 5.91 Å². The second-order valence-corrected chi connectivity index (χ2v) is 8.57. The third kappa shape index (κ3) is 5.81. The Balaban J connectivity index is 1.74.